The average Bonchev–Trinajstić information content (AvgIpc) is 2.46. The maximum Gasteiger partial charge on any atom is 0.272 e. The van der Waals surface area contributed by atoms with Gasteiger partial charge in [-0.2, -0.15) is 0 Å². The first-order chi connectivity index (χ1) is 10.0. The fourth-order valence-corrected chi connectivity index (χ4v) is 2.86. The van der Waals surface area contributed by atoms with E-state index in [1.165, 1.54) is 17.8 Å². The van der Waals surface area contributed by atoms with Crippen molar-refractivity contribution in [2.24, 2.45) is 0 Å². The molecule has 0 bridgehead atoms. The van der Waals surface area contributed by atoms with Crippen molar-refractivity contribution >= 4 is 17.4 Å². The summed E-state index contributed by atoms with van der Waals surface area (Å²) < 4.78 is 10.5. The van der Waals surface area contributed by atoms with Crippen molar-refractivity contribution in [3.05, 3.63) is 52.1 Å². The molecule has 0 unspecified atom stereocenters. The third-order valence-electron chi connectivity index (χ3n) is 2.96. The summed E-state index contributed by atoms with van der Waals surface area (Å²) in [6.07, 6.45) is 0. The molecule has 0 aliphatic heterocycles. The molecule has 0 aliphatic rings. The molecule has 6 heteroatoms. The lowest BCUT2D eigenvalue weighted by molar-refractivity contribution is -0.385. The minimum atomic E-state index is -0.375. The molecule has 0 spiro atoms. The van der Waals surface area contributed by atoms with Gasteiger partial charge in [-0.1, -0.05) is 11.8 Å². The molecule has 0 radical (unpaired) electrons. The molecule has 0 aliphatic carbocycles. The van der Waals surface area contributed by atoms with Gasteiger partial charge in [0.15, 0.2) is 11.5 Å². The maximum atomic E-state index is 10.8. The highest BCUT2D eigenvalue weighted by Gasteiger charge is 2.11. The van der Waals surface area contributed by atoms with Crippen LogP contribution in [0.1, 0.15) is 5.56 Å². The van der Waals surface area contributed by atoms with Crippen LogP contribution in [0, 0.1) is 17.0 Å². The van der Waals surface area contributed by atoms with Crippen LogP contribution < -0.4 is 9.47 Å². The van der Waals surface area contributed by atoms with Gasteiger partial charge in [-0.25, -0.2) is 0 Å². The Morgan fingerprint density at radius 1 is 1.00 bits per heavy atom. The van der Waals surface area contributed by atoms with Gasteiger partial charge in [0.2, 0.25) is 0 Å². The van der Waals surface area contributed by atoms with E-state index in [0.717, 1.165) is 9.79 Å². The van der Waals surface area contributed by atoms with Crippen LogP contribution in [0.25, 0.3) is 0 Å². The lowest BCUT2D eigenvalue weighted by Crippen LogP contribution is -1.92. The maximum absolute atomic E-state index is 10.8. The Balaban J connectivity index is 2.26. The van der Waals surface area contributed by atoms with E-state index in [0.29, 0.717) is 17.1 Å². The molecule has 21 heavy (non-hydrogen) atoms. The van der Waals surface area contributed by atoms with Crippen LogP contribution >= 0.6 is 11.8 Å². The summed E-state index contributed by atoms with van der Waals surface area (Å²) >= 11 is 1.51. The highest BCUT2D eigenvalue weighted by atomic mass is 32.2. The van der Waals surface area contributed by atoms with E-state index in [1.54, 1.807) is 33.3 Å². The van der Waals surface area contributed by atoms with Gasteiger partial charge in [0.1, 0.15) is 0 Å². The number of methoxy groups -OCH3 is 2. The smallest absolute Gasteiger partial charge is 0.272 e. The number of nitro benzene ring substituents is 1. The minimum absolute atomic E-state index is 0.131. The van der Waals surface area contributed by atoms with Gasteiger partial charge in [-0.05, 0) is 37.3 Å². The Labute approximate surface area is 127 Å². The van der Waals surface area contributed by atoms with E-state index in [-0.39, 0.29) is 10.6 Å². The molecule has 110 valence electrons. The predicted octanol–water partition coefficient (Wildman–Crippen LogP) is 4.07. The molecule has 2 aromatic rings. The number of rotatable bonds is 5. The Hall–Kier alpha value is -2.21. The summed E-state index contributed by atoms with van der Waals surface area (Å²) in [6.45, 7) is 1.73. The third-order valence-corrected chi connectivity index (χ3v) is 3.93. The zero-order valence-corrected chi connectivity index (χ0v) is 12.8. The normalized spacial score (nSPS) is 10.2. The van der Waals surface area contributed by atoms with Gasteiger partial charge < -0.3 is 9.47 Å². The average molecular weight is 305 g/mol. The third kappa shape index (κ3) is 3.46. The van der Waals surface area contributed by atoms with Crippen LogP contribution in [0.3, 0.4) is 0 Å². The van der Waals surface area contributed by atoms with E-state index in [9.17, 15) is 10.1 Å². The topological polar surface area (TPSA) is 61.6 Å². The first kappa shape index (κ1) is 15.2. The van der Waals surface area contributed by atoms with Crippen molar-refractivity contribution in [1.29, 1.82) is 0 Å². The highest BCUT2D eigenvalue weighted by Crippen LogP contribution is 2.36. The van der Waals surface area contributed by atoms with E-state index < -0.39 is 0 Å². The molecule has 0 saturated heterocycles. The molecule has 0 aromatic heterocycles. The first-order valence-electron chi connectivity index (χ1n) is 6.20. The van der Waals surface area contributed by atoms with Gasteiger partial charge in [-0.3, -0.25) is 10.1 Å². The summed E-state index contributed by atoms with van der Waals surface area (Å²) in [5, 5.41) is 10.8. The van der Waals surface area contributed by atoms with Crippen LogP contribution in [0.4, 0.5) is 5.69 Å². The second kappa shape index (κ2) is 6.49. The summed E-state index contributed by atoms with van der Waals surface area (Å²) in [7, 11) is 3.17. The number of hydrogen-bond acceptors (Lipinski definition) is 5. The molecule has 0 amide bonds. The summed E-state index contributed by atoms with van der Waals surface area (Å²) in [6, 6.07) is 10.7. The molecule has 5 nitrogen and oxygen atoms in total. The van der Waals surface area contributed by atoms with Crippen molar-refractivity contribution in [3.63, 3.8) is 0 Å². The summed E-state index contributed by atoms with van der Waals surface area (Å²) in [5.74, 6) is 1.32. The lowest BCUT2D eigenvalue weighted by atomic mass is 10.2. The molecule has 0 saturated carbocycles. The van der Waals surface area contributed by atoms with Crippen LogP contribution in [-0.2, 0) is 0 Å². The summed E-state index contributed by atoms with van der Waals surface area (Å²) in [4.78, 5) is 12.3. The van der Waals surface area contributed by atoms with E-state index in [1.807, 2.05) is 18.2 Å². The van der Waals surface area contributed by atoms with Gasteiger partial charge >= 0.3 is 0 Å². The van der Waals surface area contributed by atoms with Gasteiger partial charge in [0.25, 0.3) is 5.69 Å². The molecule has 0 heterocycles. The fraction of sp³-hybridized carbons (Fsp3) is 0.200. The standard InChI is InChI=1S/C15H15NO4S/c1-10-8-11(4-6-13(10)16(17)18)21-12-5-7-14(19-2)15(9-12)20-3/h4-9H,1-3H3. The Bertz CT molecular complexity index is 673. The number of benzene rings is 2. The van der Waals surface area contributed by atoms with Crippen LogP contribution in [0.15, 0.2) is 46.2 Å². The SMILES string of the molecule is COc1ccc(Sc2ccc([N+](=O)[O-])c(C)c2)cc1OC. The van der Waals surface area contributed by atoms with Gasteiger partial charge in [0, 0.05) is 21.4 Å². The van der Waals surface area contributed by atoms with Crippen molar-refractivity contribution in [3.8, 4) is 11.5 Å². The Kier molecular flexibility index (Phi) is 4.70. The lowest BCUT2D eigenvalue weighted by Gasteiger charge is -2.09. The molecule has 0 N–H and O–H groups in total. The van der Waals surface area contributed by atoms with E-state index in [4.69, 9.17) is 9.47 Å². The van der Waals surface area contributed by atoms with Gasteiger partial charge in [0.05, 0.1) is 19.1 Å². The molecule has 2 aromatic carbocycles. The molecule has 0 fully saturated rings. The zero-order valence-electron chi connectivity index (χ0n) is 12.0. The Morgan fingerprint density at radius 3 is 2.19 bits per heavy atom. The first-order valence-corrected chi connectivity index (χ1v) is 7.01. The number of aryl methyl sites for hydroxylation is 1. The molecular formula is C15H15NO4S. The largest absolute Gasteiger partial charge is 0.493 e. The second-order valence-corrected chi connectivity index (χ2v) is 5.47. The number of nitrogens with zero attached hydrogens (tertiary/aromatic N) is 1. The highest BCUT2D eigenvalue weighted by molar-refractivity contribution is 7.99. The Morgan fingerprint density at radius 2 is 1.62 bits per heavy atom. The van der Waals surface area contributed by atoms with E-state index >= 15 is 0 Å². The van der Waals surface area contributed by atoms with Crippen LogP contribution in [-0.4, -0.2) is 19.1 Å². The quantitative estimate of drug-likeness (QED) is 0.615. The monoisotopic (exact) mass is 305 g/mol. The van der Waals surface area contributed by atoms with Crippen molar-refractivity contribution in [2.75, 3.05) is 14.2 Å². The van der Waals surface area contributed by atoms with Crippen molar-refractivity contribution in [1.82, 2.24) is 0 Å². The number of nitro groups is 1. The van der Waals surface area contributed by atoms with Crippen LogP contribution in [0.5, 0.6) is 11.5 Å². The van der Waals surface area contributed by atoms with Gasteiger partial charge in [-0.15, -0.1) is 0 Å². The predicted molar refractivity (Wildman–Crippen MR) is 81.5 cm³/mol. The van der Waals surface area contributed by atoms with Crippen molar-refractivity contribution < 1.29 is 14.4 Å². The van der Waals surface area contributed by atoms with Crippen LogP contribution in [0.2, 0.25) is 0 Å². The minimum Gasteiger partial charge on any atom is -0.493 e. The number of hydrogen-bond donors (Lipinski definition) is 0. The second-order valence-electron chi connectivity index (χ2n) is 4.32. The molecule has 0 atom stereocenters. The van der Waals surface area contributed by atoms with E-state index in [2.05, 4.69) is 0 Å². The molecule has 2 rings (SSSR count). The zero-order chi connectivity index (χ0) is 15.4. The van der Waals surface area contributed by atoms with Crippen molar-refractivity contribution in [2.45, 2.75) is 16.7 Å². The fourth-order valence-electron chi connectivity index (χ4n) is 1.91. The summed E-state index contributed by atoms with van der Waals surface area (Å²) in [5.41, 5.74) is 0.775. The number of ether oxygens (including phenoxy) is 2. The molecular weight excluding hydrogens is 290 g/mol.